The maximum Gasteiger partial charge on any atom is 0.244 e. The van der Waals surface area contributed by atoms with E-state index < -0.39 is 37.9 Å². The lowest BCUT2D eigenvalue weighted by atomic mass is 10.1. The summed E-state index contributed by atoms with van der Waals surface area (Å²) >= 11 is 0. The Balaban J connectivity index is 2.31. The van der Waals surface area contributed by atoms with Crippen LogP contribution < -0.4 is 14.4 Å². The van der Waals surface area contributed by atoms with Gasteiger partial charge in [-0.2, -0.15) is 0 Å². The number of benzene rings is 2. The van der Waals surface area contributed by atoms with E-state index in [1.165, 1.54) is 19.2 Å². The molecule has 0 aliphatic rings. The van der Waals surface area contributed by atoms with Crippen LogP contribution in [0.2, 0.25) is 0 Å². The van der Waals surface area contributed by atoms with Crippen molar-refractivity contribution in [3.8, 4) is 5.75 Å². The van der Waals surface area contributed by atoms with E-state index in [-0.39, 0.29) is 11.3 Å². The summed E-state index contributed by atoms with van der Waals surface area (Å²) < 4.78 is 54.7. The second kappa shape index (κ2) is 9.69. The monoisotopic (exact) mass is 468 g/mol. The number of amides is 1. The van der Waals surface area contributed by atoms with Gasteiger partial charge < -0.3 is 10.1 Å². The number of carbonyl (C=O) groups is 1. The Morgan fingerprint density at radius 1 is 1.06 bits per heavy atom. The van der Waals surface area contributed by atoms with Crippen LogP contribution >= 0.6 is 0 Å². The molecule has 2 rings (SSSR count). The molecule has 2 aromatic carbocycles. The second-order valence-corrected chi connectivity index (χ2v) is 11.1. The van der Waals surface area contributed by atoms with E-state index in [1.54, 1.807) is 50.2 Å². The van der Waals surface area contributed by atoms with Crippen molar-refractivity contribution in [1.82, 2.24) is 5.32 Å². The number of sulfone groups is 1. The Bertz CT molecular complexity index is 1130. The molecular formula is C21H28N2O6S2. The molecule has 0 aromatic heterocycles. The summed E-state index contributed by atoms with van der Waals surface area (Å²) in [6, 6.07) is 11.3. The minimum absolute atomic E-state index is 0.183. The zero-order chi connectivity index (χ0) is 23.4. The normalized spacial score (nSPS) is 13.8. The highest BCUT2D eigenvalue weighted by Gasteiger charge is 2.32. The summed E-state index contributed by atoms with van der Waals surface area (Å²) in [7, 11) is -5.62. The van der Waals surface area contributed by atoms with Gasteiger partial charge in [-0.3, -0.25) is 9.10 Å². The molecule has 0 heterocycles. The molecule has 0 radical (unpaired) electrons. The van der Waals surface area contributed by atoms with Gasteiger partial charge in [-0.1, -0.05) is 25.1 Å². The molecule has 0 spiro atoms. The molecule has 8 nitrogen and oxygen atoms in total. The zero-order valence-electron chi connectivity index (χ0n) is 18.2. The molecule has 170 valence electrons. The fourth-order valence-corrected chi connectivity index (χ4v) is 5.04. The SMILES string of the molecule is CC[C@H](C(=O)N[C@@H](C)c1ccc(S(C)(=O)=O)cc1)N(c1cccc(OC)c1)S(C)(=O)=O. The van der Waals surface area contributed by atoms with Crippen molar-refractivity contribution >= 4 is 31.5 Å². The minimum Gasteiger partial charge on any atom is -0.497 e. The fraction of sp³-hybridized carbons (Fsp3) is 0.381. The molecule has 0 saturated carbocycles. The summed E-state index contributed by atoms with van der Waals surface area (Å²) in [4.78, 5) is 13.2. The summed E-state index contributed by atoms with van der Waals surface area (Å²) in [6.07, 6.45) is 2.42. The quantitative estimate of drug-likeness (QED) is 0.606. The number of hydrogen-bond acceptors (Lipinski definition) is 6. The van der Waals surface area contributed by atoms with Gasteiger partial charge in [-0.15, -0.1) is 0 Å². The van der Waals surface area contributed by atoms with Gasteiger partial charge in [0.05, 0.1) is 30.0 Å². The van der Waals surface area contributed by atoms with Crippen LogP contribution in [0.5, 0.6) is 5.75 Å². The third-order valence-electron chi connectivity index (χ3n) is 4.80. The first-order valence-corrected chi connectivity index (χ1v) is 13.4. The summed E-state index contributed by atoms with van der Waals surface area (Å²) in [6.45, 7) is 3.48. The van der Waals surface area contributed by atoms with Gasteiger partial charge in [0.25, 0.3) is 0 Å². The van der Waals surface area contributed by atoms with Crippen molar-refractivity contribution in [2.45, 2.75) is 37.2 Å². The zero-order valence-corrected chi connectivity index (χ0v) is 19.8. The van der Waals surface area contributed by atoms with Crippen LogP contribution in [0.3, 0.4) is 0 Å². The van der Waals surface area contributed by atoms with E-state index in [4.69, 9.17) is 4.74 Å². The van der Waals surface area contributed by atoms with Gasteiger partial charge in [0.2, 0.25) is 15.9 Å². The molecular weight excluding hydrogens is 440 g/mol. The highest BCUT2D eigenvalue weighted by atomic mass is 32.2. The smallest absolute Gasteiger partial charge is 0.244 e. The number of hydrogen-bond donors (Lipinski definition) is 1. The molecule has 1 N–H and O–H groups in total. The summed E-state index contributed by atoms with van der Waals surface area (Å²) in [5.74, 6) is 0.0104. The molecule has 2 aromatic rings. The number of anilines is 1. The number of carbonyl (C=O) groups excluding carboxylic acids is 1. The van der Waals surface area contributed by atoms with Crippen LogP contribution in [0.15, 0.2) is 53.4 Å². The van der Waals surface area contributed by atoms with Gasteiger partial charge in [0, 0.05) is 12.3 Å². The van der Waals surface area contributed by atoms with Gasteiger partial charge in [-0.05, 0) is 43.2 Å². The molecule has 0 saturated heterocycles. The topological polar surface area (TPSA) is 110 Å². The molecule has 31 heavy (non-hydrogen) atoms. The number of methoxy groups -OCH3 is 1. The fourth-order valence-electron chi connectivity index (χ4n) is 3.20. The lowest BCUT2D eigenvalue weighted by Crippen LogP contribution is -2.49. The van der Waals surface area contributed by atoms with Gasteiger partial charge in [-0.25, -0.2) is 16.8 Å². The summed E-state index contributed by atoms with van der Waals surface area (Å²) in [5.41, 5.74) is 1.02. The van der Waals surface area contributed by atoms with Gasteiger partial charge in [0.15, 0.2) is 9.84 Å². The molecule has 0 unspecified atom stereocenters. The van der Waals surface area contributed by atoms with Crippen LogP contribution in [0.4, 0.5) is 5.69 Å². The van der Waals surface area contributed by atoms with Gasteiger partial charge in [0.1, 0.15) is 11.8 Å². The lowest BCUT2D eigenvalue weighted by Gasteiger charge is -2.31. The van der Waals surface area contributed by atoms with E-state index in [2.05, 4.69) is 5.32 Å². The highest BCUT2D eigenvalue weighted by molar-refractivity contribution is 7.92. The predicted octanol–water partition coefficient (Wildman–Crippen LogP) is 2.52. The van der Waals surface area contributed by atoms with E-state index >= 15 is 0 Å². The number of sulfonamides is 1. The second-order valence-electron chi connectivity index (χ2n) is 7.26. The van der Waals surface area contributed by atoms with Crippen LogP contribution in [0.1, 0.15) is 31.9 Å². The van der Waals surface area contributed by atoms with Gasteiger partial charge >= 0.3 is 0 Å². The van der Waals surface area contributed by atoms with Crippen molar-refractivity contribution < 1.29 is 26.4 Å². The molecule has 0 aliphatic heterocycles. The maximum absolute atomic E-state index is 13.1. The Morgan fingerprint density at radius 3 is 2.16 bits per heavy atom. The minimum atomic E-state index is -3.77. The number of rotatable bonds is 9. The third-order valence-corrected chi connectivity index (χ3v) is 7.11. The average molecular weight is 469 g/mol. The Hall–Kier alpha value is -2.59. The first-order valence-electron chi connectivity index (χ1n) is 9.62. The Kier molecular flexibility index (Phi) is 7.72. The standard InChI is InChI=1S/C21H28N2O6S2/c1-6-20(23(31(5,27)28)17-8-7-9-18(14-17)29-3)21(24)22-15(2)16-10-12-19(13-11-16)30(4,25)26/h7-15,20H,6H2,1-5H3,(H,22,24)/t15-,20+/m0/s1. The predicted molar refractivity (Wildman–Crippen MR) is 121 cm³/mol. The number of nitrogens with zero attached hydrogens (tertiary/aromatic N) is 1. The van der Waals surface area contributed by atoms with Crippen LogP contribution in [-0.4, -0.2) is 48.4 Å². The van der Waals surface area contributed by atoms with E-state index in [9.17, 15) is 21.6 Å². The number of ether oxygens (including phenoxy) is 1. The summed E-state index contributed by atoms with van der Waals surface area (Å²) in [5, 5.41) is 2.83. The van der Waals surface area contributed by atoms with Crippen molar-refractivity contribution in [3.05, 3.63) is 54.1 Å². The molecule has 10 heteroatoms. The van der Waals surface area contributed by atoms with E-state index in [0.29, 0.717) is 17.0 Å². The van der Waals surface area contributed by atoms with Crippen LogP contribution in [0, 0.1) is 0 Å². The molecule has 0 aliphatic carbocycles. The van der Waals surface area contributed by atoms with Crippen molar-refractivity contribution in [3.63, 3.8) is 0 Å². The Labute approximate surface area is 184 Å². The Morgan fingerprint density at radius 2 is 1.68 bits per heavy atom. The molecule has 0 fully saturated rings. The largest absolute Gasteiger partial charge is 0.497 e. The first-order chi connectivity index (χ1) is 14.4. The van der Waals surface area contributed by atoms with E-state index in [1.807, 2.05) is 0 Å². The van der Waals surface area contributed by atoms with Crippen molar-refractivity contribution in [2.24, 2.45) is 0 Å². The third kappa shape index (κ3) is 6.20. The van der Waals surface area contributed by atoms with E-state index in [0.717, 1.165) is 16.8 Å². The average Bonchev–Trinajstić information content (AvgIpc) is 2.70. The van der Waals surface area contributed by atoms with Crippen molar-refractivity contribution in [2.75, 3.05) is 23.9 Å². The molecule has 2 atom stereocenters. The first kappa shape index (κ1) is 24.7. The van der Waals surface area contributed by atoms with Crippen LogP contribution in [0.25, 0.3) is 0 Å². The number of nitrogens with one attached hydrogen (secondary N) is 1. The molecule has 0 bridgehead atoms. The lowest BCUT2D eigenvalue weighted by molar-refractivity contribution is -0.122. The highest BCUT2D eigenvalue weighted by Crippen LogP contribution is 2.27. The van der Waals surface area contributed by atoms with Crippen molar-refractivity contribution in [1.29, 1.82) is 0 Å². The maximum atomic E-state index is 13.1. The molecule has 1 amide bonds. The van der Waals surface area contributed by atoms with Crippen LogP contribution in [-0.2, 0) is 24.7 Å².